The molecule has 4 rings (SSSR count). The zero-order chi connectivity index (χ0) is 17.6. The molecule has 2 nitrogen and oxygen atoms in total. The predicted molar refractivity (Wildman–Crippen MR) is 110 cm³/mol. The van der Waals surface area contributed by atoms with Crippen molar-refractivity contribution < 1.29 is 9.47 Å². The molecule has 0 saturated carbocycles. The number of ether oxygens (including phenoxy) is 2. The first-order valence-corrected chi connectivity index (χ1v) is 12.9. The van der Waals surface area contributed by atoms with Crippen LogP contribution < -0.4 is 9.47 Å². The van der Waals surface area contributed by atoms with Gasteiger partial charge in [0.05, 0.1) is 25.0 Å². The van der Waals surface area contributed by atoms with E-state index in [0.717, 1.165) is 24.3 Å². The maximum Gasteiger partial charge on any atom is 0.230 e. The summed E-state index contributed by atoms with van der Waals surface area (Å²) in [7, 11) is 0.521. The smallest absolute Gasteiger partial charge is 0.230 e. The molecule has 2 atom stereocenters. The van der Waals surface area contributed by atoms with E-state index in [1.54, 1.807) is 0 Å². The number of para-hydroxylation sites is 2. The van der Waals surface area contributed by atoms with Gasteiger partial charge in [-0.1, -0.05) is 36.4 Å². The monoisotopic (exact) mass is 374 g/mol. The minimum absolute atomic E-state index is 0.261. The second kappa shape index (κ2) is 6.81. The van der Waals surface area contributed by atoms with E-state index in [4.69, 9.17) is 9.47 Å². The van der Waals surface area contributed by atoms with Gasteiger partial charge in [0, 0.05) is 35.1 Å². The molecule has 2 aliphatic rings. The minimum Gasteiger partial charge on any atom is -0.457 e. The number of rotatable bonds is 2. The first-order chi connectivity index (χ1) is 12.1. The first-order valence-electron chi connectivity index (χ1n) is 8.68. The maximum atomic E-state index is 6.21. The van der Waals surface area contributed by atoms with E-state index in [-0.39, 0.29) is 21.8 Å². The summed E-state index contributed by atoms with van der Waals surface area (Å²) < 4.78 is 12.4. The van der Waals surface area contributed by atoms with E-state index in [2.05, 4.69) is 61.4 Å². The summed E-state index contributed by atoms with van der Waals surface area (Å²) in [6.45, 7) is 0.301. The largest absolute Gasteiger partial charge is 0.457 e. The van der Waals surface area contributed by atoms with E-state index >= 15 is 0 Å². The summed E-state index contributed by atoms with van der Waals surface area (Å²) in [6, 6.07) is 13.4. The third-order valence-electron chi connectivity index (χ3n) is 5.30. The summed E-state index contributed by atoms with van der Waals surface area (Å²) in [6.07, 6.45) is 11.4. The predicted octanol–water partition coefficient (Wildman–Crippen LogP) is 4.05. The van der Waals surface area contributed by atoms with Gasteiger partial charge in [0.2, 0.25) is 6.79 Å². The van der Waals surface area contributed by atoms with Gasteiger partial charge in [-0.15, -0.1) is 0 Å². The maximum absolute atomic E-state index is 6.21. The minimum atomic E-state index is 0.261. The highest BCUT2D eigenvalue weighted by Gasteiger charge is 2.37. The zero-order valence-electron chi connectivity index (χ0n) is 15.4. The van der Waals surface area contributed by atoms with Gasteiger partial charge in [0.25, 0.3) is 0 Å². The normalized spacial score (nSPS) is 21.7. The van der Waals surface area contributed by atoms with Crippen LogP contribution >= 0.6 is 0 Å². The van der Waals surface area contributed by atoms with Gasteiger partial charge in [-0.05, 0) is 21.8 Å². The van der Waals surface area contributed by atoms with Crippen molar-refractivity contribution in [3.63, 3.8) is 0 Å². The Balaban J connectivity index is 2.01. The number of benzene rings is 2. The molecule has 0 aliphatic carbocycles. The molecular formula is C21H26O2S2+2. The fourth-order valence-corrected chi connectivity index (χ4v) is 6.41. The van der Waals surface area contributed by atoms with Crippen LogP contribution in [0.5, 0.6) is 11.5 Å². The molecule has 2 aromatic carbocycles. The number of fused-ring (bicyclic) bond motifs is 2. The van der Waals surface area contributed by atoms with Crippen LogP contribution in [0.3, 0.4) is 0 Å². The molecular weight excluding hydrogens is 348 g/mol. The molecule has 0 radical (unpaired) electrons. The molecule has 4 heteroatoms. The number of hydrogen-bond acceptors (Lipinski definition) is 2. The quantitative estimate of drug-likeness (QED) is 0.738. The molecule has 2 unspecified atom stereocenters. The lowest BCUT2D eigenvalue weighted by molar-refractivity contribution is 0.118. The summed E-state index contributed by atoms with van der Waals surface area (Å²) in [4.78, 5) is 0. The fourth-order valence-electron chi connectivity index (χ4n) is 4.00. The standard InChI is InChI=1S/C21H26O2S2/c1-24(2)18-11-14-7-6-10-17-19(25(3)4)12-15-8-5-9-16(18)20(15)22-13-23-21(14)17/h5-10,18-19H,11-13H2,1-4H3/q+2. The van der Waals surface area contributed by atoms with Gasteiger partial charge in [0.1, 0.15) is 22.0 Å². The first kappa shape index (κ1) is 17.2. The Morgan fingerprint density at radius 1 is 0.720 bits per heavy atom. The van der Waals surface area contributed by atoms with Crippen LogP contribution in [0, 0.1) is 0 Å². The summed E-state index contributed by atoms with van der Waals surface area (Å²) >= 11 is 0. The van der Waals surface area contributed by atoms with Gasteiger partial charge in [0.15, 0.2) is 0 Å². The zero-order valence-corrected chi connectivity index (χ0v) is 17.0. The highest BCUT2D eigenvalue weighted by molar-refractivity contribution is 7.96. The van der Waals surface area contributed by atoms with Crippen LogP contribution in [0.4, 0.5) is 0 Å². The molecule has 2 aliphatic heterocycles. The van der Waals surface area contributed by atoms with Crippen molar-refractivity contribution in [1.82, 2.24) is 0 Å². The van der Waals surface area contributed by atoms with Crippen molar-refractivity contribution in [3.8, 4) is 11.5 Å². The lowest BCUT2D eigenvalue weighted by atomic mass is 9.92. The highest BCUT2D eigenvalue weighted by atomic mass is 32.2. The van der Waals surface area contributed by atoms with Gasteiger partial charge in [-0.2, -0.15) is 0 Å². The Kier molecular flexibility index (Phi) is 4.67. The van der Waals surface area contributed by atoms with Crippen molar-refractivity contribution in [3.05, 3.63) is 58.7 Å². The van der Waals surface area contributed by atoms with Crippen molar-refractivity contribution in [2.24, 2.45) is 0 Å². The molecule has 132 valence electrons. The SMILES string of the molecule is C[S+](C)C1Cc2cccc3c2OCOc2c(cccc21)CC3[S+](C)C. The van der Waals surface area contributed by atoms with Crippen LogP contribution in [0.15, 0.2) is 36.4 Å². The fraction of sp³-hybridized carbons (Fsp3) is 0.429. The molecule has 2 bridgehead atoms. The van der Waals surface area contributed by atoms with Gasteiger partial charge in [-0.25, -0.2) is 0 Å². The lowest BCUT2D eigenvalue weighted by Crippen LogP contribution is -2.19. The second-order valence-electron chi connectivity index (χ2n) is 7.22. The topological polar surface area (TPSA) is 18.5 Å². The molecule has 25 heavy (non-hydrogen) atoms. The van der Waals surface area contributed by atoms with Crippen LogP contribution in [0.2, 0.25) is 0 Å². The molecule has 2 heterocycles. The van der Waals surface area contributed by atoms with E-state index < -0.39 is 0 Å². The number of hydrogen-bond donors (Lipinski definition) is 0. The Morgan fingerprint density at radius 2 is 1.16 bits per heavy atom. The molecule has 0 spiro atoms. The Labute approximate surface area is 156 Å². The van der Waals surface area contributed by atoms with Crippen molar-refractivity contribution >= 4 is 21.8 Å². The van der Waals surface area contributed by atoms with Gasteiger partial charge < -0.3 is 9.47 Å². The summed E-state index contributed by atoms with van der Waals surface area (Å²) in [5, 5.41) is 0.951. The molecule has 0 N–H and O–H groups in total. The third kappa shape index (κ3) is 3.04. The average molecular weight is 375 g/mol. The molecule has 0 fully saturated rings. The summed E-state index contributed by atoms with van der Waals surface area (Å²) in [5.41, 5.74) is 5.40. The summed E-state index contributed by atoms with van der Waals surface area (Å²) in [5.74, 6) is 2.16. The van der Waals surface area contributed by atoms with Crippen LogP contribution in [0.25, 0.3) is 0 Å². The van der Waals surface area contributed by atoms with E-state index in [0.29, 0.717) is 17.3 Å². The lowest BCUT2D eigenvalue weighted by Gasteiger charge is -2.23. The van der Waals surface area contributed by atoms with Crippen LogP contribution in [0.1, 0.15) is 32.8 Å². The molecule has 0 saturated heterocycles. The Morgan fingerprint density at radius 3 is 1.56 bits per heavy atom. The molecule has 0 aromatic heterocycles. The second-order valence-corrected chi connectivity index (χ2v) is 11.9. The molecule has 0 amide bonds. The van der Waals surface area contributed by atoms with Gasteiger partial charge >= 0.3 is 0 Å². The van der Waals surface area contributed by atoms with Gasteiger partial charge in [-0.3, -0.25) is 0 Å². The Bertz CT molecular complexity index is 720. The van der Waals surface area contributed by atoms with E-state index in [1.165, 1.54) is 22.3 Å². The van der Waals surface area contributed by atoms with Crippen molar-refractivity contribution in [2.45, 2.75) is 23.3 Å². The van der Waals surface area contributed by atoms with Crippen molar-refractivity contribution in [1.29, 1.82) is 0 Å². The van der Waals surface area contributed by atoms with Crippen LogP contribution in [-0.4, -0.2) is 31.8 Å². The van der Waals surface area contributed by atoms with Crippen LogP contribution in [-0.2, 0) is 34.6 Å². The third-order valence-corrected chi connectivity index (χ3v) is 8.42. The van der Waals surface area contributed by atoms with E-state index in [9.17, 15) is 0 Å². The molecule has 2 aromatic rings. The Hall–Kier alpha value is -1.26. The average Bonchev–Trinajstić information content (AvgIpc) is 2.71. The van der Waals surface area contributed by atoms with Crippen molar-refractivity contribution in [2.75, 3.05) is 31.8 Å². The highest BCUT2D eigenvalue weighted by Crippen LogP contribution is 2.45. The van der Waals surface area contributed by atoms with E-state index in [1.807, 2.05) is 0 Å².